The minimum atomic E-state index is 0. The van der Waals surface area contributed by atoms with Crippen LogP contribution in [0.3, 0.4) is 0 Å². The number of hydrogen-bond donors (Lipinski definition) is 2. The van der Waals surface area contributed by atoms with Gasteiger partial charge < -0.3 is 15.4 Å². The molecule has 5 nitrogen and oxygen atoms in total. The molecule has 0 unspecified atom stereocenters. The van der Waals surface area contributed by atoms with Crippen LogP contribution >= 0.6 is 0 Å². The molecular formula is C20H24CoN2O3. The van der Waals surface area contributed by atoms with Gasteiger partial charge in [0.1, 0.15) is 0 Å². The number of rotatable bonds is 10. The summed E-state index contributed by atoms with van der Waals surface area (Å²) in [5.74, 6) is 0.0466. The number of ketones is 2. The maximum atomic E-state index is 11.5. The average molecular weight is 399 g/mol. The fraction of sp³-hybridized carbons (Fsp3) is 0.300. The van der Waals surface area contributed by atoms with Gasteiger partial charge in [0.2, 0.25) is 0 Å². The van der Waals surface area contributed by atoms with E-state index in [2.05, 4.69) is 10.6 Å². The molecule has 0 aromatic carbocycles. The normalized spacial score (nSPS) is 18.5. The number of allylic oxidation sites excluding steroid dienone is 10. The van der Waals surface area contributed by atoms with Gasteiger partial charge >= 0.3 is 0 Å². The van der Waals surface area contributed by atoms with E-state index in [9.17, 15) is 9.59 Å². The Labute approximate surface area is 164 Å². The van der Waals surface area contributed by atoms with Crippen LogP contribution in [0, 0.1) is 0 Å². The molecule has 6 heteroatoms. The number of nitrogens with one attached hydrogen (secondary N) is 2. The Morgan fingerprint density at radius 3 is 1.58 bits per heavy atom. The van der Waals surface area contributed by atoms with Gasteiger partial charge in [0.05, 0.1) is 0 Å². The first-order chi connectivity index (χ1) is 12.3. The van der Waals surface area contributed by atoms with Crippen LogP contribution < -0.4 is 10.6 Å². The van der Waals surface area contributed by atoms with E-state index in [0.29, 0.717) is 24.4 Å². The molecular weight excluding hydrogens is 375 g/mol. The first-order valence-corrected chi connectivity index (χ1v) is 8.50. The quantitative estimate of drug-likeness (QED) is 0.435. The molecule has 2 rings (SSSR count). The molecule has 141 valence electrons. The van der Waals surface area contributed by atoms with Crippen LogP contribution in [0.1, 0.15) is 12.8 Å². The first kappa shape index (κ1) is 21.9. The largest absolute Gasteiger partial charge is 0.390 e. The zero-order valence-corrected chi connectivity index (χ0v) is 15.6. The first-order valence-electron chi connectivity index (χ1n) is 8.50. The van der Waals surface area contributed by atoms with Crippen molar-refractivity contribution in [2.45, 2.75) is 12.8 Å². The Morgan fingerprint density at radius 1 is 0.731 bits per heavy atom. The van der Waals surface area contributed by atoms with Gasteiger partial charge in [-0.2, -0.15) is 0 Å². The third-order valence-electron chi connectivity index (χ3n) is 3.57. The summed E-state index contributed by atoms with van der Waals surface area (Å²) in [7, 11) is 0. The van der Waals surface area contributed by atoms with Gasteiger partial charge in [-0.25, -0.2) is 0 Å². The Morgan fingerprint density at radius 2 is 1.15 bits per heavy atom. The molecule has 0 aromatic rings. The molecule has 0 amide bonds. The van der Waals surface area contributed by atoms with Crippen LogP contribution in [0.5, 0.6) is 0 Å². The van der Waals surface area contributed by atoms with Gasteiger partial charge in [-0.1, -0.05) is 24.3 Å². The molecule has 2 aliphatic rings. The Bertz CT molecular complexity index is 602. The predicted molar refractivity (Wildman–Crippen MR) is 98.8 cm³/mol. The SMILES string of the molecule is O=C1C=CC=C/C1=C/NCCCOCCCN/C=C1/C=CC=CC1=O.[Co]. The maximum absolute atomic E-state index is 11.5. The van der Waals surface area contributed by atoms with E-state index >= 15 is 0 Å². The zero-order chi connectivity index (χ0) is 17.7. The molecule has 1 radical (unpaired) electrons. The van der Waals surface area contributed by atoms with E-state index in [1.54, 1.807) is 48.9 Å². The van der Waals surface area contributed by atoms with Crippen molar-refractivity contribution in [3.05, 3.63) is 72.2 Å². The van der Waals surface area contributed by atoms with Crippen molar-refractivity contribution >= 4 is 11.6 Å². The Balaban J connectivity index is 0.00000338. The summed E-state index contributed by atoms with van der Waals surface area (Å²) in [4.78, 5) is 23.0. The molecule has 0 heterocycles. The van der Waals surface area contributed by atoms with Crippen LogP contribution in [0.15, 0.2) is 72.2 Å². The van der Waals surface area contributed by atoms with Crippen LogP contribution in [-0.4, -0.2) is 37.9 Å². The van der Waals surface area contributed by atoms with Gasteiger partial charge in [0, 0.05) is 66.6 Å². The smallest absolute Gasteiger partial charge is 0.187 e. The number of carbonyl (C=O) groups is 2. The summed E-state index contributed by atoms with van der Waals surface area (Å²) in [6.07, 6.45) is 19.1. The summed E-state index contributed by atoms with van der Waals surface area (Å²) in [5, 5.41) is 6.25. The number of hydrogen-bond acceptors (Lipinski definition) is 5. The topological polar surface area (TPSA) is 67.4 Å². The maximum Gasteiger partial charge on any atom is 0.187 e. The van der Waals surface area contributed by atoms with Crippen molar-refractivity contribution in [3.63, 3.8) is 0 Å². The summed E-state index contributed by atoms with van der Waals surface area (Å²) in [6, 6.07) is 0. The second-order valence-corrected chi connectivity index (χ2v) is 5.59. The van der Waals surface area contributed by atoms with Gasteiger partial charge in [-0.3, -0.25) is 9.59 Å². The van der Waals surface area contributed by atoms with E-state index in [-0.39, 0.29) is 28.3 Å². The average Bonchev–Trinajstić information content (AvgIpc) is 2.62. The molecule has 0 aromatic heterocycles. The van der Waals surface area contributed by atoms with Crippen molar-refractivity contribution in [1.82, 2.24) is 10.6 Å². The molecule has 0 atom stereocenters. The molecule has 0 spiro atoms. The zero-order valence-electron chi connectivity index (χ0n) is 14.6. The Hall–Kier alpha value is -2.15. The fourth-order valence-electron chi connectivity index (χ4n) is 2.22. The molecule has 0 bridgehead atoms. The van der Waals surface area contributed by atoms with Gasteiger partial charge in [-0.05, 0) is 37.1 Å². The van der Waals surface area contributed by atoms with E-state index < -0.39 is 0 Å². The van der Waals surface area contributed by atoms with Crippen molar-refractivity contribution in [2.24, 2.45) is 0 Å². The molecule has 2 aliphatic carbocycles. The minimum Gasteiger partial charge on any atom is -0.390 e. The van der Waals surface area contributed by atoms with Gasteiger partial charge in [0.25, 0.3) is 0 Å². The van der Waals surface area contributed by atoms with Crippen LogP contribution in [0.2, 0.25) is 0 Å². The third-order valence-corrected chi connectivity index (χ3v) is 3.57. The third kappa shape index (κ3) is 8.29. The van der Waals surface area contributed by atoms with E-state index in [1.807, 2.05) is 12.2 Å². The molecule has 2 N–H and O–H groups in total. The molecule has 26 heavy (non-hydrogen) atoms. The van der Waals surface area contributed by atoms with Crippen molar-refractivity contribution in [2.75, 3.05) is 26.3 Å². The van der Waals surface area contributed by atoms with E-state index in [1.165, 1.54) is 0 Å². The molecule has 0 saturated heterocycles. The Kier molecular flexibility index (Phi) is 11.0. The van der Waals surface area contributed by atoms with Gasteiger partial charge in [0.15, 0.2) is 11.6 Å². The van der Waals surface area contributed by atoms with Crippen LogP contribution in [0.4, 0.5) is 0 Å². The van der Waals surface area contributed by atoms with Crippen molar-refractivity contribution < 1.29 is 31.1 Å². The standard InChI is InChI=1S/C20H24N2O3.Co/c23-19-9-3-1-7-17(19)15-21-11-5-13-25-14-6-12-22-16-18-8-2-4-10-20(18)24;/h1-4,7-10,15-16,21-22H,5-6,11-14H2;/b17-15-,18-16-;. The molecule has 0 fully saturated rings. The van der Waals surface area contributed by atoms with Crippen LogP contribution in [-0.2, 0) is 31.1 Å². The fourth-order valence-corrected chi connectivity index (χ4v) is 2.22. The summed E-state index contributed by atoms with van der Waals surface area (Å²) >= 11 is 0. The number of carbonyl (C=O) groups excluding carboxylic acids is 2. The second-order valence-electron chi connectivity index (χ2n) is 5.59. The van der Waals surface area contributed by atoms with Crippen LogP contribution in [0.25, 0.3) is 0 Å². The minimum absolute atomic E-state index is 0. The molecule has 0 aliphatic heterocycles. The monoisotopic (exact) mass is 399 g/mol. The second kappa shape index (κ2) is 13.1. The van der Waals surface area contributed by atoms with Crippen molar-refractivity contribution in [1.29, 1.82) is 0 Å². The van der Waals surface area contributed by atoms with E-state index in [4.69, 9.17) is 4.74 Å². The summed E-state index contributed by atoms with van der Waals surface area (Å²) < 4.78 is 5.55. The van der Waals surface area contributed by atoms with Gasteiger partial charge in [-0.15, -0.1) is 0 Å². The summed E-state index contributed by atoms with van der Waals surface area (Å²) in [6.45, 7) is 2.88. The molecule has 0 saturated carbocycles. The number of ether oxygens (including phenoxy) is 1. The predicted octanol–water partition coefficient (Wildman–Crippen LogP) is 2.12. The van der Waals surface area contributed by atoms with E-state index in [0.717, 1.165) is 25.9 Å². The van der Waals surface area contributed by atoms with Crippen molar-refractivity contribution in [3.8, 4) is 0 Å². The summed E-state index contributed by atoms with van der Waals surface area (Å²) in [5.41, 5.74) is 1.34.